The predicted molar refractivity (Wildman–Crippen MR) is 123 cm³/mol. The lowest BCUT2D eigenvalue weighted by Gasteiger charge is -2.28. The third kappa shape index (κ3) is 4.85. The van der Waals surface area contributed by atoms with Crippen molar-refractivity contribution in [1.82, 2.24) is 44.6 Å². The predicted octanol–water partition coefficient (Wildman–Crippen LogP) is 2.84. The Morgan fingerprint density at radius 1 is 1.09 bits per heavy atom. The van der Waals surface area contributed by atoms with Crippen LogP contribution >= 0.6 is 0 Å². The van der Waals surface area contributed by atoms with Gasteiger partial charge in [0.2, 0.25) is 5.88 Å². The Bertz CT molecular complexity index is 1190. The van der Waals surface area contributed by atoms with Gasteiger partial charge in [-0.2, -0.15) is 9.78 Å². The van der Waals surface area contributed by atoms with E-state index < -0.39 is 0 Å². The molecule has 10 heteroatoms. The van der Waals surface area contributed by atoms with Crippen molar-refractivity contribution >= 4 is 11.2 Å². The molecule has 0 aliphatic carbocycles. The quantitative estimate of drug-likeness (QED) is 0.380. The van der Waals surface area contributed by atoms with E-state index in [1.165, 1.54) is 0 Å². The summed E-state index contributed by atoms with van der Waals surface area (Å²) in [6.45, 7) is 5.02. The number of aromatic nitrogens is 8. The molecule has 0 aromatic carbocycles. The molecule has 0 N–H and O–H groups in total. The number of unbranched alkanes of at least 4 members (excludes halogenated alkanes) is 1. The Morgan fingerprint density at radius 2 is 1.97 bits per heavy atom. The molecule has 4 aromatic heterocycles. The Morgan fingerprint density at radius 3 is 2.76 bits per heavy atom. The van der Waals surface area contributed by atoms with E-state index >= 15 is 0 Å². The van der Waals surface area contributed by atoms with Crippen molar-refractivity contribution in [2.24, 2.45) is 0 Å². The van der Waals surface area contributed by atoms with E-state index in [1.54, 1.807) is 17.1 Å². The second-order valence-corrected chi connectivity index (χ2v) is 8.59. The molecule has 1 saturated heterocycles. The van der Waals surface area contributed by atoms with E-state index in [1.807, 2.05) is 18.3 Å². The Balaban J connectivity index is 1.31. The molecular weight excluding hydrogens is 418 g/mol. The van der Waals surface area contributed by atoms with Crippen molar-refractivity contribution in [3.8, 4) is 11.6 Å². The van der Waals surface area contributed by atoms with Crippen molar-refractivity contribution < 1.29 is 4.74 Å². The van der Waals surface area contributed by atoms with Gasteiger partial charge in [-0.15, -0.1) is 5.10 Å². The van der Waals surface area contributed by atoms with Crippen LogP contribution in [0.15, 0.2) is 36.9 Å². The zero-order valence-electron chi connectivity index (χ0n) is 19.1. The van der Waals surface area contributed by atoms with E-state index in [0.29, 0.717) is 41.9 Å². The Hall–Kier alpha value is -3.40. The minimum Gasteiger partial charge on any atom is -0.478 e. The number of likely N-dealkylation sites (tertiary alicyclic amines) is 1. The van der Waals surface area contributed by atoms with Crippen LogP contribution in [0.25, 0.3) is 16.9 Å². The molecule has 0 spiro atoms. The first-order chi connectivity index (χ1) is 16.2. The number of piperidine rings is 1. The molecule has 1 aliphatic rings. The third-order valence-corrected chi connectivity index (χ3v) is 6.04. The highest BCUT2D eigenvalue weighted by atomic mass is 16.5. The molecular formula is C23H29N9O. The minimum absolute atomic E-state index is 0.463. The lowest BCUT2D eigenvalue weighted by Crippen LogP contribution is -2.31. The maximum Gasteiger partial charge on any atom is 0.213 e. The van der Waals surface area contributed by atoms with Crippen molar-refractivity contribution in [3.05, 3.63) is 48.3 Å². The smallest absolute Gasteiger partial charge is 0.213 e. The average molecular weight is 448 g/mol. The molecule has 4 aromatic rings. The van der Waals surface area contributed by atoms with Crippen LogP contribution in [0.1, 0.15) is 50.0 Å². The van der Waals surface area contributed by atoms with Gasteiger partial charge >= 0.3 is 0 Å². The maximum absolute atomic E-state index is 5.65. The summed E-state index contributed by atoms with van der Waals surface area (Å²) in [5, 5.41) is 13.1. The number of nitrogens with zero attached hydrogens (tertiary/aromatic N) is 9. The topological polar surface area (TPSA) is 99.7 Å². The number of rotatable bonds is 8. The van der Waals surface area contributed by atoms with Gasteiger partial charge in [-0.1, -0.05) is 18.6 Å². The zero-order chi connectivity index (χ0) is 22.6. The standard InChI is InChI=1S/C23H29N9O/c1-3-4-11-33-22-6-5-19(14-25-22)32-23-20(28-29-32)15-24-21(27-23)12-17-13-26-31(16-17)18-7-9-30(2)10-8-18/h5-6,13-16,18H,3-4,7-12H2,1-2H3. The average Bonchev–Trinajstić information content (AvgIpc) is 3.47. The van der Waals surface area contributed by atoms with Gasteiger partial charge in [-0.05, 0) is 51.0 Å². The van der Waals surface area contributed by atoms with Crippen molar-refractivity contribution in [3.63, 3.8) is 0 Å². The summed E-state index contributed by atoms with van der Waals surface area (Å²) < 4.78 is 9.44. The van der Waals surface area contributed by atoms with E-state index in [-0.39, 0.29) is 0 Å². The zero-order valence-corrected chi connectivity index (χ0v) is 19.1. The highest BCUT2D eigenvalue weighted by Gasteiger charge is 2.19. The van der Waals surface area contributed by atoms with Crippen LogP contribution in [0.5, 0.6) is 5.88 Å². The number of pyridine rings is 1. The fourth-order valence-corrected chi connectivity index (χ4v) is 4.04. The number of hydrogen-bond acceptors (Lipinski definition) is 8. The van der Waals surface area contributed by atoms with Crippen LogP contribution in [0.2, 0.25) is 0 Å². The molecule has 1 fully saturated rings. The Kier molecular flexibility index (Phi) is 6.25. The first-order valence-electron chi connectivity index (χ1n) is 11.6. The molecule has 172 valence electrons. The molecule has 5 rings (SSSR count). The summed E-state index contributed by atoms with van der Waals surface area (Å²) in [6, 6.07) is 4.22. The fourth-order valence-electron chi connectivity index (χ4n) is 4.04. The molecule has 10 nitrogen and oxygen atoms in total. The van der Waals surface area contributed by atoms with Gasteiger partial charge in [0, 0.05) is 18.7 Å². The normalized spacial score (nSPS) is 15.3. The molecule has 0 amide bonds. The molecule has 0 bridgehead atoms. The van der Waals surface area contributed by atoms with Gasteiger partial charge in [0.15, 0.2) is 11.2 Å². The summed E-state index contributed by atoms with van der Waals surface area (Å²) in [4.78, 5) is 16.0. The van der Waals surface area contributed by atoms with Gasteiger partial charge in [-0.3, -0.25) is 4.68 Å². The summed E-state index contributed by atoms with van der Waals surface area (Å²) in [7, 11) is 2.17. The van der Waals surface area contributed by atoms with Gasteiger partial charge in [0.1, 0.15) is 5.82 Å². The van der Waals surface area contributed by atoms with Crippen LogP contribution in [0, 0.1) is 0 Å². The number of hydrogen-bond donors (Lipinski definition) is 0. The van der Waals surface area contributed by atoms with Gasteiger partial charge < -0.3 is 9.64 Å². The largest absolute Gasteiger partial charge is 0.478 e. The van der Waals surface area contributed by atoms with E-state index in [4.69, 9.17) is 9.72 Å². The van der Waals surface area contributed by atoms with Crippen LogP contribution in [-0.2, 0) is 6.42 Å². The minimum atomic E-state index is 0.463. The number of ether oxygens (including phenoxy) is 1. The molecule has 0 saturated carbocycles. The van der Waals surface area contributed by atoms with Gasteiger partial charge in [-0.25, -0.2) is 15.0 Å². The monoisotopic (exact) mass is 447 g/mol. The third-order valence-electron chi connectivity index (χ3n) is 6.04. The lowest BCUT2D eigenvalue weighted by atomic mass is 10.1. The summed E-state index contributed by atoms with van der Waals surface area (Å²) in [6.07, 6.45) is 12.4. The first-order valence-corrected chi connectivity index (χ1v) is 11.6. The molecule has 1 aliphatic heterocycles. The van der Waals surface area contributed by atoms with E-state index in [0.717, 1.165) is 50.0 Å². The molecule has 0 atom stereocenters. The highest BCUT2D eigenvalue weighted by Crippen LogP contribution is 2.22. The van der Waals surface area contributed by atoms with Crippen molar-refractivity contribution in [2.75, 3.05) is 26.7 Å². The van der Waals surface area contributed by atoms with Crippen LogP contribution in [0.3, 0.4) is 0 Å². The first kappa shape index (κ1) is 21.4. The summed E-state index contributed by atoms with van der Waals surface area (Å²) in [5.41, 5.74) is 3.18. The SMILES string of the molecule is CCCCOc1ccc(-n2nnc3cnc(Cc4cnn(C5CCN(C)CC5)c4)nc32)cn1. The summed E-state index contributed by atoms with van der Waals surface area (Å²) in [5.74, 6) is 1.31. The maximum atomic E-state index is 5.65. The molecule has 5 heterocycles. The molecule has 33 heavy (non-hydrogen) atoms. The number of fused-ring (bicyclic) bond motifs is 1. The molecule has 0 unspecified atom stereocenters. The van der Waals surface area contributed by atoms with E-state index in [9.17, 15) is 0 Å². The van der Waals surface area contributed by atoms with Gasteiger partial charge in [0.25, 0.3) is 0 Å². The second kappa shape index (κ2) is 9.62. The van der Waals surface area contributed by atoms with Crippen molar-refractivity contribution in [1.29, 1.82) is 0 Å². The summed E-state index contributed by atoms with van der Waals surface area (Å²) >= 11 is 0. The van der Waals surface area contributed by atoms with Crippen molar-refractivity contribution in [2.45, 2.75) is 45.1 Å². The van der Waals surface area contributed by atoms with Gasteiger partial charge in [0.05, 0.1) is 36.9 Å². The Labute approximate surface area is 192 Å². The van der Waals surface area contributed by atoms with Crippen LogP contribution in [-0.4, -0.2) is 71.4 Å². The van der Waals surface area contributed by atoms with Crippen LogP contribution in [0.4, 0.5) is 0 Å². The second-order valence-electron chi connectivity index (χ2n) is 8.59. The van der Waals surface area contributed by atoms with Crippen LogP contribution < -0.4 is 4.74 Å². The van der Waals surface area contributed by atoms with E-state index in [2.05, 4.69) is 55.1 Å². The highest BCUT2D eigenvalue weighted by molar-refractivity contribution is 5.70. The lowest BCUT2D eigenvalue weighted by molar-refractivity contribution is 0.212. The fraction of sp³-hybridized carbons (Fsp3) is 0.478. The molecule has 0 radical (unpaired) electrons.